The average molecular weight is 352 g/mol. The third-order valence-corrected chi connectivity index (χ3v) is 4.44. The molecular weight excluding hydrogens is 334 g/mol. The molecule has 2 rings (SSSR count). The predicted molar refractivity (Wildman–Crippen MR) is 84.7 cm³/mol. The van der Waals surface area contributed by atoms with Crippen molar-refractivity contribution >= 4 is 33.9 Å². The van der Waals surface area contributed by atoms with Gasteiger partial charge in [-0.05, 0) is 36.6 Å². The van der Waals surface area contributed by atoms with E-state index < -0.39 is 11.4 Å². The number of carbonyl (C=O) groups excluding carboxylic acids is 1. The molecule has 0 aromatic heterocycles. The van der Waals surface area contributed by atoms with E-state index in [1.54, 1.807) is 6.08 Å². The molecule has 0 heterocycles. The highest BCUT2D eigenvalue weighted by molar-refractivity contribution is 9.10. The normalized spacial score (nSPS) is 17.0. The summed E-state index contributed by atoms with van der Waals surface area (Å²) in [5, 5.41) is 12.0. The highest BCUT2D eigenvalue weighted by Gasteiger charge is 2.41. The summed E-state index contributed by atoms with van der Waals surface area (Å²) in [6.45, 7) is 0.200. The second-order valence-electron chi connectivity index (χ2n) is 5.40. The number of nitrogens with one attached hydrogen (secondary N) is 1. The number of hydrogen-bond acceptors (Lipinski definition) is 2. The van der Waals surface area contributed by atoms with Gasteiger partial charge >= 0.3 is 5.97 Å². The molecule has 1 fully saturated rings. The molecule has 5 heteroatoms. The minimum atomic E-state index is -0.808. The van der Waals surface area contributed by atoms with Crippen LogP contribution in [-0.4, -0.2) is 23.5 Å². The van der Waals surface area contributed by atoms with Crippen molar-refractivity contribution < 1.29 is 14.7 Å². The van der Waals surface area contributed by atoms with E-state index in [2.05, 4.69) is 21.2 Å². The zero-order valence-electron chi connectivity index (χ0n) is 11.6. The maximum Gasteiger partial charge on any atom is 0.311 e. The van der Waals surface area contributed by atoms with Crippen molar-refractivity contribution in [3.63, 3.8) is 0 Å². The molecule has 0 radical (unpaired) electrons. The van der Waals surface area contributed by atoms with E-state index in [4.69, 9.17) is 0 Å². The second kappa shape index (κ2) is 6.89. The van der Waals surface area contributed by atoms with Crippen LogP contribution in [0, 0.1) is 5.41 Å². The molecule has 0 atom stereocenters. The van der Waals surface area contributed by atoms with Crippen molar-refractivity contribution in [3.05, 3.63) is 40.4 Å². The van der Waals surface area contributed by atoms with E-state index in [0.29, 0.717) is 12.8 Å². The van der Waals surface area contributed by atoms with Crippen LogP contribution in [0.5, 0.6) is 0 Å². The number of carbonyl (C=O) groups is 2. The molecule has 0 unspecified atom stereocenters. The quantitative estimate of drug-likeness (QED) is 0.800. The van der Waals surface area contributed by atoms with E-state index in [0.717, 1.165) is 22.9 Å². The Morgan fingerprint density at radius 3 is 2.43 bits per heavy atom. The predicted octanol–water partition coefficient (Wildman–Crippen LogP) is 3.22. The summed E-state index contributed by atoms with van der Waals surface area (Å²) in [7, 11) is 0. The van der Waals surface area contributed by atoms with E-state index in [1.807, 2.05) is 24.3 Å². The van der Waals surface area contributed by atoms with Crippen LogP contribution >= 0.6 is 15.9 Å². The summed E-state index contributed by atoms with van der Waals surface area (Å²) >= 11 is 3.35. The van der Waals surface area contributed by atoms with Crippen LogP contribution in [0.4, 0.5) is 0 Å². The number of carboxylic acids is 1. The topological polar surface area (TPSA) is 66.4 Å². The van der Waals surface area contributed by atoms with Crippen LogP contribution in [0.2, 0.25) is 0 Å². The maximum atomic E-state index is 11.8. The zero-order chi connectivity index (χ0) is 15.3. The Hall–Kier alpha value is -1.62. The van der Waals surface area contributed by atoms with Gasteiger partial charge in [0.15, 0.2) is 0 Å². The van der Waals surface area contributed by atoms with Crippen LogP contribution in [0.25, 0.3) is 6.08 Å². The fourth-order valence-corrected chi connectivity index (χ4v) is 2.84. The molecule has 2 N–H and O–H groups in total. The largest absolute Gasteiger partial charge is 0.481 e. The lowest BCUT2D eigenvalue weighted by Crippen LogP contribution is -2.40. The lowest BCUT2D eigenvalue weighted by molar-refractivity contribution is -0.148. The first-order valence-electron chi connectivity index (χ1n) is 6.97. The summed E-state index contributed by atoms with van der Waals surface area (Å²) in [6, 6.07) is 7.58. The van der Waals surface area contributed by atoms with E-state index >= 15 is 0 Å². The maximum absolute atomic E-state index is 11.8. The smallest absolute Gasteiger partial charge is 0.311 e. The number of aliphatic carboxylic acids is 1. The van der Waals surface area contributed by atoms with Crippen molar-refractivity contribution in [2.45, 2.75) is 25.7 Å². The monoisotopic (exact) mass is 351 g/mol. The molecule has 0 spiro atoms. The molecule has 0 saturated heterocycles. The van der Waals surface area contributed by atoms with Crippen molar-refractivity contribution in [2.24, 2.45) is 5.41 Å². The highest BCUT2D eigenvalue weighted by atomic mass is 79.9. The fraction of sp³-hybridized carbons (Fsp3) is 0.375. The number of amides is 1. The van der Waals surface area contributed by atoms with Gasteiger partial charge in [-0.3, -0.25) is 9.59 Å². The molecule has 1 saturated carbocycles. The lowest BCUT2D eigenvalue weighted by atomic mass is 9.86. The Morgan fingerprint density at radius 2 is 1.86 bits per heavy atom. The van der Waals surface area contributed by atoms with E-state index in [-0.39, 0.29) is 12.5 Å². The molecule has 1 amide bonds. The molecule has 112 valence electrons. The molecule has 0 aliphatic heterocycles. The standard InChI is InChI=1S/C16H18BrNO3/c17-13-6-3-12(4-7-13)5-8-14(19)18-11-16(15(20)21)9-1-2-10-16/h3-8H,1-2,9-11H2,(H,18,19)(H,20,21)/b8-5+. The minimum Gasteiger partial charge on any atom is -0.481 e. The van der Waals surface area contributed by atoms with E-state index in [9.17, 15) is 14.7 Å². The van der Waals surface area contributed by atoms with Crippen molar-refractivity contribution in [2.75, 3.05) is 6.54 Å². The Labute approximate surface area is 132 Å². The third-order valence-electron chi connectivity index (χ3n) is 3.91. The van der Waals surface area contributed by atoms with Gasteiger partial charge in [0.05, 0.1) is 5.41 Å². The van der Waals surface area contributed by atoms with Crippen LogP contribution in [0.3, 0.4) is 0 Å². The first-order chi connectivity index (χ1) is 10.0. The van der Waals surface area contributed by atoms with Crippen LogP contribution < -0.4 is 5.32 Å². The number of rotatable bonds is 5. The summed E-state index contributed by atoms with van der Waals surface area (Å²) in [5.41, 5.74) is 0.142. The summed E-state index contributed by atoms with van der Waals surface area (Å²) in [4.78, 5) is 23.2. The fourth-order valence-electron chi connectivity index (χ4n) is 2.58. The van der Waals surface area contributed by atoms with Gasteiger partial charge in [-0.15, -0.1) is 0 Å². The molecule has 1 aromatic rings. The SMILES string of the molecule is O=C(/C=C/c1ccc(Br)cc1)NCC1(C(=O)O)CCCC1. The van der Waals surface area contributed by atoms with Crippen LogP contribution in [-0.2, 0) is 9.59 Å². The molecule has 4 nitrogen and oxygen atoms in total. The van der Waals surface area contributed by atoms with Gasteiger partial charge in [0.25, 0.3) is 0 Å². The number of hydrogen-bond donors (Lipinski definition) is 2. The first-order valence-corrected chi connectivity index (χ1v) is 7.76. The van der Waals surface area contributed by atoms with Crippen LogP contribution in [0.1, 0.15) is 31.2 Å². The van der Waals surface area contributed by atoms with Crippen LogP contribution in [0.15, 0.2) is 34.8 Å². The minimum absolute atomic E-state index is 0.200. The molecule has 0 bridgehead atoms. The number of benzene rings is 1. The molecule has 21 heavy (non-hydrogen) atoms. The van der Waals surface area contributed by atoms with Gasteiger partial charge in [-0.25, -0.2) is 0 Å². The van der Waals surface area contributed by atoms with Gasteiger partial charge in [-0.2, -0.15) is 0 Å². The lowest BCUT2D eigenvalue weighted by Gasteiger charge is -2.23. The Bertz CT molecular complexity index is 545. The summed E-state index contributed by atoms with van der Waals surface area (Å²) < 4.78 is 0.980. The summed E-state index contributed by atoms with van der Waals surface area (Å²) in [6.07, 6.45) is 6.25. The Balaban J connectivity index is 1.89. The number of halogens is 1. The Kier molecular flexibility index (Phi) is 5.17. The average Bonchev–Trinajstić information content (AvgIpc) is 2.95. The Morgan fingerprint density at radius 1 is 1.24 bits per heavy atom. The third kappa shape index (κ3) is 4.17. The molecular formula is C16H18BrNO3. The molecule has 1 aromatic carbocycles. The van der Waals surface area contributed by atoms with Gasteiger partial charge in [0.1, 0.15) is 0 Å². The molecule has 1 aliphatic carbocycles. The zero-order valence-corrected chi connectivity index (χ0v) is 13.2. The van der Waals surface area contributed by atoms with Gasteiger partial charge in [-0.1, -0.05) is 40.9 Å². The first kappa shape index (κ1) is 15.8. The summed E-state index contributed by atoms with van der Waals surface area (Å²) in [5.74, 6) is -1.07. The molecule has 1 aliphatic rings. The van der Waals surface area contributed by atoms with Crippen molar-refractivity contribution in [1.29, 1.82) is 0 Å². The highest BCUT2D eigenvalue weighted by Crippen LogP contribution is 2.37. The second-order valence-corrected chi connectivity index (χ2v) is 6.31. The van der Waals surface area contributed by atoms with Crippen molar-refractivity contribution in [3.8, 4) is 0 Å². The van der Waals surface area contributed by atoms with Gasteiger partial charge in [0.2, 0.25) is 5.91 Å². The van der Waals surface area contributed by atoms with Gasteiger partial charge in [0, 0.05) is 17.1 Å². The number of carboxylic acid groups (broad SMARTS) is 1. The van der Waals surface area contributed by atoms with Gasteiger partial charge < -0.3 is 10.4 Å². The van der Waals surface area contributed by atoms with Crippen molar-refractivity contribution in [1.82, 2.24) is 5.32 Å². The van der Waals surface area contributed by atoms with E-state index in [1.165, 1.54) is 6.08 Å².